The highest BCUT2D eigenvalue weighted by atomic mass is 35.5. The average Bonchev–Trinajstić information content (AvgIpc) is 3.35. The molecule has 0 unspecified atom stereocenters. The van der Waals surface area contributed by atoms with Crippen LogP contribution in [0.5, 0.6) is 0 Å². The first-order valence-electron chi connectivity index (χ1n) is 9.25. The zero-order valence-corrected chi connectivity index (χ0v) is 16.7. The van der Waals surface area contributed by atoms with Crippen LogP contribution in [0.3, 0.4) is 0 Å². The van der Waals surface area contributed by atoms with Gasteiger partial charge in [-0.1, -0.05) is 16.4 Å². The van der Waals surface area contributed by atoms with Crippen molar-refractivity contribution in [2.24, 2.45) is 0 Å². The molecule has 4 rings (SSSR count). The molecule has 0 saturated carbocycles. The molecule has 1 amide bonds. The third-order valence-corrected chi connectivity index (χ3v) is 5.14. The molecule has 0 bridgehead atoms. The van der Waals surface area contributed by atoms with Crippen molar-refractivity contribution < 1.29 is 18.0 Å². The molecule has 1 aliphatic heterocycles. The Labute approximate surface area is 179 Å². The van der Waals surface area contributed by atoms with Crippen LogP contribution in [0.25, 0.3) is 27.3 Å². The second-order valence-corrected chi connectivity index (χ2v) is 7.39. The predicted molar refractivity (Wildman–Crippen MR) is 109 cm³/mol. The van der Waals surface area contributed by atoms with Crippen LogP contribution in [0.2, 0.25) is 5.02 Å². The van der Waals surface area contributed by atoms with E-state index in [4.69, 9.17) is 18.2 Å². The van der Waals surface area contributed by atoms with Gasteiger partial charge in [0.2, 0.25) is 5.91 Å². The van der Waals surface area contributed by atoms with Crippen LogP contribution in [0.4, 0.5) is 19.0 Å². The van der Waals surface area contributed by atoms with Gasteiger partial charge in [0.1, 0.15) is 24.1 Å². The van der Waals surface area contributed by atoms with E-state index in [0.717, 1.165) is 0 Å². The average molecular weight is 451 g/mol. The molecule has 2 atom stereocenters. The summed E-state index contributed by atoms with van der Waals surface area (Å²) in [5.41, 5.74) is 1.22. The number of hydrogen-bond acceptors (Lipinski definition) is 5. The van der Waals surface area contributed by atoms with Crippen molar-refractivity contribution in [1.82, 2.24) is 25.3 Å². The van der Waals surface area contributed by atoms with Gasteiger partial charge in [-0.05, 0) is 18.6 Å². The third-order valence-electron chi connectivity index (χ3n) is 4.94. The lowest BCUT2D eigenvalue weighted by atomic mass is 10.2. The highest BCUT2D eigenvalue weighted by Gasteiger charge is 2.45. The minimum atomic E-state index is -4.51. The van der Waals surface area contributed by atoms with E-state index in [2.05, 4.69) is 24.8 Å². The molecule has 0 aromatic carbocycles. The van der Waals surface area contributed by atoms with Gasteiger partial charge in [-0.2, -0.15) is 13.2 Å². The van der Waals surface area contributed by atoms with Crippen molar-refractivity contribution in [3.05, 3.63) is 40.6 Å². The first kappa shape index (κ1) is 20.9. The monoisotopic (exact) mass is 450 g/mol. The first-order valence-corrected chi connectivity index (χ1v) is 9.63. The summed E-state index contributed by atoms with van der Waals surface area (Å²) in [4.78, 5) is 33.7. The van der Waals surface area contributed by atoms with Crippen LogP contribution < -0.4 is 10.2 Å². The highest BCUT2D eigenvalue weighted by molar-refractivity contribution is 6.31. The molecular formula is C19H16ClF3N7O+. The normalized spacial score (nSPS) is 18.9. The number of rotatable bonds is 4. The number of aromatic amines is 1. The summed E-state index contributed by atoms with van der Waals surface area (Å²) in [6.45, 7) is 4.07. The maximum absolute atomic E-state index is 12.5. The van der Waals surface area contributed by atoms with Gasteiger partial charge >= 0.3 is 12.3 Å². The number of fused-ring (bicyclic) bond motifs is 1. The molecule has 0 spiro atoms. The SMILES string of the molecule is C#[N+][C@@H]1CC[C@H](C(=O)NCC(F)(F)F)N1c1ccnc(-c2c[nH]c3ncc(Cl)cc23)n1. The summed E-state index contributed by atoms with van der Waals surface area (Å²) in [6.07, 6.45) is 0.226. The van der Waals surface area contributed by atoms with Crippen molar-refractivity contribution in [3.8, 4) is 18.0 Å². The van der Waals surface area contributed by atoms with Crippen LogP contribution in [0, 0.1) is 6.57 Å². The van der Waals surface area contributed by atoms with Crippen LogP contribution in [-0.2, 0) is 4.79 Å². The van der Waals surface area contributed by atoms with Gasteiger partial charge in [-0.3, -0.25) is 9.69 Å². The molecule has 4 heterocycles. The summed E-state index contributed by atoms with van der Waals surface area (Å²) in [5.74, 6) is -0.130. The van der Waals surface area contributed by atoms with E-state index in [1.807, 2.05) is 5.32 Å². The molecule has 31 heavy (non-hydrogen) atoms. The maximum Gasteiger partial charge on any atom is 0.405 e. The number of H-pyrrole nitrogens is 1. The second kappa shape index (κ2) is 8.03. The molecule has 0 radical (unpaired) electrons. The number of carbonyl (C=O) groups excluding carboxylic acids is 1. The fourth-order valence-electron chi connectivity index (χ4n) is 3.60. The van der Waals surface area contributed by atoms with Gasteiger partial charge < -0.3 is 10.3 Å². The Kier molecular flexibility index (Phi) is 5.41. The smallest absolute Gasteiger partial charge is 0.345 e. The summed E-state index contributed by atoms with van der Waals surface area (Å²) in [7, 11) is 0. The van der Waals surface area contributed by atoms with Gasteiger partial charge in [-0.25, -0.2) is 15.0 Å². The van der Waals surface area contributed by atoms with Gasteiger partial charge in [0.05, 0.1) is 11.4 Å². The van der Waals surface area contributed by atoms with Crippen molar-refractivity contribution in [2.45, 2.75) is 31.2 Å². The van der Waals surface area contributed by atoms with E-state index in [0.29, 0.717) is 39.7 Å². The molecule has 1 aliphatic rings. The highest BCUT2D eigenvalue weighted by Crippen LogP contribution is 2.33. The number of alkyl halides is 3. The zero-order chi connectivity index (χ0) is 22.2. The fraction of sp³-hybridized carbons (Fsp3) is 0.316. The largest absolute Gasteiger partial charge is 0.405 e. The third kappa shape index (κ3) is 4.25. The number of nitrogens with zero attached hydrogens (tertiary/aromatic N) is 5. The van der Waals surface area contributed by atoms with Gasteiger partial charge in [0.25, 0.3) is 6.57 Å². The molecule has 2 N–H and O–H groups in total. The number of nitrogens with one attached hydrogen (secondary N) is 2. The van der Waals surface area contributed by atoms with Crippen LogP contribution in [-0.4, -0.2) is 50.8 Å². The van der Waals surface area contributed by atoms with E-state index in [1.54, 1.807) is 18.3 Å². The lowest BCUT2D eigenvalue weighted by Crippen LogP contribution is -2.48. The number of hydrogen-bond donors (Lipinski definition) is 2. The molecule has 3 aromatic heterocycles. The molecule has 12 heteroatoms. The number of aromatic nitrogens is 4. The Morgan fingerprint density at radius 1 is 1.39 bits per heavy atom. The molecular weight excluding hydrogens is 435 g/mol. The van der Waals surface area contributed by atoms with E-state index in [1.165, 1.54) is 17.3 Å². The molecule has 1 saturated heterocycles. The lowest BCUT2D eigenvalue weighted by Gasteiger charge is -2.24. The summed E-state index contributed by atoms with van der Waals surface area (Å²) in [5, 5.41) is 3.06. The van der Waals surface area contributed by atoms with Gasteiger partial charge in [-0.15, -0.1) is 0 Å². The van der Waals surface area contributed by atoms with Crippen LogP contribution in [0.1, 0.15) is 12.8 Å². The van der Waals surface area contributed by atoms with E-state index in [9.17, 15) is 18.0 Å². The predicted octanol–water partition coefficient (Wildman–Crippen LogP) is 3.61. The number of pyridine rings is 1. The van der Waals surface area contributed by atoms with Crippen molar-refractivity contribution >= 4 is 34.4 Å². The molecule has 1 fully saturated rings. The van der Waals surface area contributed by atoms with Gasteiger partial charge in [0, 0.05) is 29.5 Å². The second-order valence-electron chi connectivity index (χ2n) is 6.95. The van der Waals surface area contributed by atoms with Crippen molar-refractivity contribution in [3.63, 3.8) is 0 Å². The minimum Gasteiger partial charge on any atom is -0.345 e. The Bertz CT molecular complexity index is 1170. The van der Waals surface area contributed by atoms with E-state index in [-0.39, 0.29) is 6.42 Å². The van der Waals surface area contributed by atoms with Crippen LogP contribution >= 0.6 is 11.6 Å². The fourth-order valence-corrected chi connectivity index (χ4v) is 3.76. The van der Waals surface area contributed by atoms with E-state index >= 15 is 0 Å². The maximum atomic E-state index is 12.5. The number of amides is 1. The number of halogens is 4. The standard InChI is InChI=1S/C19H15ClF3N7O/c1-24-14-3-2-13(18(31)28-9-19(21,22)23)30(14)15-4-5-25-17(29-15)12-8-27-16-11(12)6-10(20)7-26-16/h1,4-8,13-14H,2-3,9H2,(H-,25,26,27,28,29,31)/p+1/t13-,14+/m1/s1. The summed E-state index contributed by atoms with van der Waals surface area (Å²) >= 11 is 6.05. The Morgan fingerprint density at radius 3 is 2.94 bits per heavy atom. The molecule has 160 valence electrons. The van der Waals surface area contributed by atoms with Crippen molar-refractivity contribution in [1.29, 1.82) is 0 Å². The van der Waals surface area contributed by atoms with Gasteiger partial charge in [0.15, 0.2) is 5.82 Å². The summed E-state index contributed by atoms with van der Waals surface area (Å²) < 4.78 is 37.6. The molecule has 3 aromatic rings. The van der Waals surface area contributed by atoms with Crippen LogP contribution in [0.15, 0.2) is 30.7 Å². The van der Waals surface area contributed by atoms with E-state index < -0.39 is 30.8 Å². The minimum absolute atomic E-state index is 0.279. The Morgan fingerprint density at radius 2 is 2.19 bits per heavy atom. The topological polar surface area (TPSA) is 91.2 Å². The zero-order valence-electron chi connectivity index (χ0n) is 15.9. The summed E-state index contributed by atoms with van der Waals surface area (Å²) in [6, 6.07) is 2.37. The van der Waals surface area contributed by atoms with Crippen molar-refractivity contribution in [2.75, 3.05) is 11.4 Å². The Balaban J connectivity index is 1.68. The number of anilines is 1. The quantitative estimate of drug-likeness (QED) is 0.633. The first-order chi connectivity index (χ1) is 14.8. The number of carbonyl (C=O) groups is 1. The molecule has 8 nitrogen and oxygen atoms in total. The Hall–Kier alpha value is -3.39. The molecule has 0 aliphatic carbocycles. The lowest BCUT2D eigenvalue weighted by molar-refractivity contribution is -0.139.